The van der Waals surface area contributed by atoms with E-state index in [9.17, 15) is 0 Å². The summed E-state index contributed by atoms with van der Waals surface area (Å²) in [6.45, 7) is 0.802. The van der Waals surface area contributed by atoms with Gasteiger partial charge in [0.2, 0.25) is 0 Å². The van der Waals surface area contributed by atoms with Crippen molar-refractivity contribution in [2.75, 3.05) is 0 Å². The predicted octanol–water partition coefficient (Wildman–Crippen LogP) is 4.30. The molecule has 3 aromatic rings. The van der Waals surface area contributed by atoms with Crippen LogP contribution in [0.2, 0.25) is 0 Å². The Morgan fingerprint density at radius 1 is 1.00 bits per heavy atom. The van der Waals surface area contributed by atoms with Gasteiger partial charge in [0.05, 0.1) is 12.6 Å². The number of hydrogen-bond donors (Lipinski definition) is 0. The minimum Gasteiger partial charge on any atom is -0.490 e. The lowest BCUT2D eigenvalue weighted by atomic mass is 10.1. The Hall–Kier alpha value is -2.62. The number of hydrogen-bond acceptors (Lipinski definition) is 3. The molecular weight excluding hydrogens is 298 g/mol. The molecular formula is C20H19N3O. The molecule has 1 fully saturated rings. The number of rotatable bonds is 3. The summed E-state index contributed by atoms with van der Waals surface area (Å²) < 4.78 is 8.10. The van der Waals surface area contributed by atoms with E-state index in [1.165, 1.54) is 24.0 Å². The van der Waals surface area contributed by atoms with E-state index in [1.807, 2.05) is 16.8 Å². The van der Waals surface area contributed by atoms with E-state index in [-0.39, 0.29) is 0 Å². The Morgan fingerprint density at radius 2 is 1.88 bits per heavy atom. The van der Waals surface area contributed by atoms with Gasteiger partial charge in [-0.25, -0.2) is 9.67 Å². The molecule has 0 saturated heterocycles. The minimum atomic E-state index is 0.368. The summed E-state index contributed by atoms with van der Waals surface area (Å²) in [7, 11) is 0. The molecule has 24 heavy (non-hydrogen) atoms. The van der Waals surface area contributed by atoms with Crippen molar-refractivity contribution in [1.29, 1.82) is 0 Å². The van der Waals surface area contributed by atoms with Gasteiger partial charge in [-0.2, -0.15) is 5.10 Å². The second-order valence-electron chi connectivity index (χ2n) is 6.63. The van der Waals surface area contributed by atoms with Crippen molar-refractivity contribution >= 4 is 0 Å². The van der Waals surface area contributed by atoms with Crippen molar-refractivity contribution in [3.63, 3.8) is 0 Å². The van der Waals surface area contributed by atoms with Crippen LogP contribution in [0.25, 0.3) is 22.8 Å². The smallest absolute Gasteiger partial charge is 0.181 e. The molecule has 0 bridgehead atoms. The number of fused-ring (bicyclic) bond motifs is 3. The third-order valence-electron chi connectivity index (χ3n) is 4.95. The first-order valence-electron chi connectivity index (χ1n) is 8.67. The molecule has 2 aromatic carbocycles. The topological polar surface area (TPSA) is 39.9 Å². The van der Waals surface area contributed by atoms with Crippen molar-refractivity contribution in [3.05, 3.63) is 54.1 Å². The molecule has 5 rings (SSSR count). The molecule has 0 unspecified atom stereocenters. The van der Waals surface area contributed by atoms with Crippen LogP contribution in [0.1, 0.15) is 31.2 Å². The highest BCUT2D eigenvalue weighted by atomic mass is 16.5. The van der Waals surface area contributed by atoms with Gasteiger partial charge < -0.3 is 4.74 Å². The molecule has 1 aromatic heterocycles. The molecule has 0 amide bonds. The van der Waals surface area contributed by atoms with Crippen molar-refractivity contribution in [3.8, 4) is 28.5 Å². The number of nitrogens with zero attached hydrogens (tertiary/aromatic N) is 3. The molecule has 2 heterocycles. The van der Waals surface area contributed by atoms with Gasteiger partial charge in [0, 0.05) is 11.1 Å². The zero-order valence-electron chi connectivity index (χ0n) is 13.5. The lowest BCUT2D eigenvalue weighted by Crippen LogP contribution is -2.10. The summed E-state index contributed by atoms with van der Waals surface area (Å²) in [5.41, 5.74) is 3.50. The van der Waals surface area contributed by atoms with Gasteiger partial charge in [0.1, 0.15) is 5.75 Å². The first kappa shape index (κ1) is 13.8. The van der Waals surface area contributed by atoms with Crippen LogP contribution in [-0.4, -0.2) is 20.9 Å². The van der Waals surface area contributed by atoms with E-state index < -0.39 is 0 Å². The maximum absolute atomic E-state index is 6.11. The van der Waals surface area contributed by atoms with Crippen molar-refractivity contribution in [1.82, 2.24) is 14.8 Å². The molecule has 0 atom stereocenters. The zero-order chi connectivity index (χ0) is 15.9. The van der Waals surface area contributed by atoms with Gasteiger partial charge in [-0.05, 0) is 43.4 Å². The van der Waals surface area contributed by atoms with E-state index >= 15 is 0 Å². The molecule has 2 aliphatic rings. The van der Waals surface area contributed by atoms with Crippen LogP contribution >= 0.6 is 0 Å². The van der Waals surface area contributed by atoms with Gasteiger partial charge in [-0.3, -0.25) is 0 Å². The van der Waals surface area contributed by atoms with Crippen LogP contribution < -0.4 is 4.74 Å². The van der Waals surface area contributed by atoms with Crippen molar-refractivity contribution < 1.29 is 4.74 Å². The minimum absolute atomic E-state index is 0.368. The van der Waals surface area contributed by atoms with E-state index in [1.54, 1.807) is 0 Å². The standard InChI is InChI=1S/C20H19N3O/c1-4-11-18-15(6-1)13-23-20(18)21-19(22-23)14-7-5-10-17(12-14)24-16-8-2-3-9-16/h1,4-7,10-12,16H,2-3,8-9,13H2. The van der Waals surface area contributed by atoms with Gasteiger partial charge >= 0.3 is 0 Å². The van der Waals surface area contributed by atoms with E-state index in [0.29, 0.717) is 6.10 Å². The van der Waals surface area contributed by atoms with Gasteiger partial charge in [0.15, 0.2) is 11.6 Å². The molecule has 0 radical (unpaired) electrons. The molecule has 4 heteroatoms. The number of ether oxygens (including phenoxy) is 1. The van der Waals surface area contributed by atoms with E-state index in [0.717, 1.165) is 42.3 Å². The predicted molar refractivity (Wildman–Crippen MR) is 92.9 cm³/mol. The molecule has 0 spiro atoms. The van der Waals surface area contributed by atoms with Crippen molar-refractivity contribution in [2.24, 2.45) is 0 Å². The first-order valence-corrected chi connectivity index (χ1v) is 8.67. The van der Waals surface area contributed by atoms with Crippen molar-refractivity contribution in [2.45, 2.75) is 38.3 Å². The van der Waals surface area contributed by atoms with Crippen LogP contribution in [0, 0.1) is 0 Å². The fourth-order valence-electron chi connectivity index (χ4n) is 3.72. The average molecular weight is 317 g/mol. The summed E-state index contributed by atoms with van der Waals surface area (Å²) in [6, 6.07) is 16.6. The Morgan fingerprint density at radius 3 is 2.79 bits per heavy atom. The zero-order valence-corrected chi connectivity index (χ0v) is 13.5. The fraction of sp³-hybridized carbons (Fsp3) is 0.300. The number of benzene rings is 2. The molecule has 0 N–H and O–H groups in total. The monoisotopic (exact) mass is 317 g/mol. The fourth-order valence-corrected chi connectivity index (χ4v) is 3.72. The third kappa shape index (κ3) is 2.30. The van der Waals surface area contributed by atoms with E-state index in [4.69, 9.17) is 14.8 Å². The summed E-state index contributed by atoms with van der Waals surface area (Å²) in [5, 5.41) is 4.70. The van der Waals surface area contributed by atoms with Crippen LogP contribution in [-0.2, 0) is 6.54 Å². The van der Waals surface area contributed by atoms with Gasteiger partial charge in [0.25, 0.3) is 0 Å². The third-order valence-corrected chi connectivity index (χ3v) is 4.95. The highest BCUT2D eigenvalue weighted by Crippen LogP contribution is 2.32. The highest BCUT2D eigenvalue weighted by molar-refractivity contribution is 5.68. The van der Waals surface area contributed by atoms with Crippen LogP contribution in [0.15, 0.2) is 48.5 Å². The molecule has 1 aliphatic heterocycles. The first-order chi connectivity index (χ1) is 11.9. The Bertz CT molecular complexity index is 893. The Kier molecular flexibility index (Phi) is 3.15. The van der Waals surface area contributed by atoms with Crippen LogP contribution in [0.4, 0.5) is 0 Å². The molecule has 1 aliphatic carbocycles. The highest BCUT2D eigenvalue weighted by Gasteiger charge is 2.22. The Balaban J connectivity index is 1.46. The largest absolute Gasteiger partial charge is 0.490 e. The summed E-state index contributed by atoms with van der Waals surface area (Å²) in [6.07, 6.45) is 5.25. The second-order valence-corrected chi connectivity index (χ2v) is 6.63. The van der Waals surface area contributed by atoms with E-state index in [2.05, 4.69) is 36.4 Å². The summed E-state index contributed by atoms with van der Waals surface area (Å²) >= 11 is 0. The molecule has 4 nitrogen and oxygen atoms in total. The lowest BCUT2D eigenvalue weighted by Gasteiger charge is -2.13. The second kappa shape index (κ2) is 5.48. The van der Waals surface area contributed by atoms with Gasteiger partial charge in [-0.15, -0.1) is 0 Å². The van der Waals surface area contributed by atoms with Crippen LogP contribution in [0.3, 0.4) is 0 Å². The molecule has 120 valence electrons. The Labute approximate surface area is 141 Å². The quantitative estimate of drug-likeness (QED) is 0.566. The normalized spacial score (nSPS) is 16.2. The molecule has 1 saturated carbocycles. The maximum Gasteiger partial charge on any atom is 0.181 e. The lowest BCUT2D eigenvalue weighted by molar-refractivity contribution is 0.210. The van der Waals surface area contributed by atoms with Gasteiger partial charge in [-0.1, -0.05) is 36.4 Å². The van der Waals surface area contributed by atoms with Crippen LogP contribution in [0.5, 0.6) is 5.75 Å². The number of aromatic nitrogens is 3. The maximum atomic E-state index is 6.11. The average Bonchev–Trinajstić information content (AvgIpc) is 3.30. The summed E-state index contributed by atoms with van der Waals surface area (Å²) in [5.74, 6) is 2.66. The SMILES string of the molecule is c1cc(OC2CCCC2)cc(-c2nc3n(n2)Cc2ccccc2-3)c1. The summed E-state index contributed by atoms with van der Waals surface area (Å²) in [4.78, 5) is 4.77.